The van der Waals surface area contributed by atoms with E-state index in [9.17, 15) is 9.18 Å². The van der Waals surface area contributed by atoms with E-state index < -0.39 is 11.8 Å². The lowest BCUT2D eigenvalue weighted by molar-refractivity contribution is 0.0695. The summed E-state index contributed by atoms with van der Waals surface area (Å²) in [4.78, 5) is 11.0. The summed E-state index contributed by atoms with van der Waals surface area (Å²) in [7, 11) is 0. The number of hydrogen-bond donors (Lipinski definition) is 1. The van der Waals surface area contributed by atoms with Crippen LogP contribution < -0.4 is 0 Å². The minimum Gasteiger partial charge on any atom is -0.478 e. The van der Waals surface area contributed by atoms with Gasteiger partial charge in [-0.3, -0.25) is 0 Å². The van der Waals surface area contributed by atoms with Gasteiger partial charge in [0.25, 0.3) is 0 Å². The summed E-state index contributed by atoms with van der Waals surface area (Å²) < 4.78 is 15.0. The van der Waals surface area contributed by atoms with Crippen LogP contribution >= 0.6 is 11.6 Å². The van der Waals surface area contributed by atoms with Crippen molar-refractivity contribution in [1.29, 1.82) is 0 Å². The lowest BCUT2D eigenvalue weighted by Gasteiger charge is -2.09. The number of carbonyl (C=O) groups is 1. The third-order valence-electron chi connectivity index (χ3n) is 2.58. The number of nitrogens with zero attached hydrogens (tertiary/aromatic N) is 2. The van der Waals surface area contributed by atoms with Crippen molar-refractivity contribution >= 4 is 17.6 Å². The van der Waals surface area contributed by atoms with Crippen LogP contribution in [-0.4, -0.2) is 20.9 Å². The van der Waals surface area contributed by atoms with E-state index in [0.717, 1.165) is 0 Å². The zero-order valence-corrected chi connectivity index (χ0v) is 10.3. The summed E-state index contributed by atoms with van der Waals surface area (Å²) in [5.41, 5.74) is 0.537. The highest BCUT2D eigenvalue weighted by molar-refractivity contribution is 6.32. The van der Waals surface area contributed by atoms with Gasteiger partial charge in [-0.2, -0.15) is 5.10 Å². The number of rotatable bonds is 3. The standard InChI is InChI=1S/C12H10ClFN2O2/c1-2-10-7(12(17)18)6-15-16(10)11-8(13)4-3-5-9(11)14/h3-6H,2H2,1H3,(H,17,18). The van der Waals surface area contributed by atoms with Crippen molar-refractivity contribution in [1.82, 2.24) is 9.78 Å². The number of halogens is 2. The van der Waals surface area contributed by atoms with E-state index in [-0.39, 0.29) is 16.3 Å². The fourth-order valence-electron chi connectivity index (χ4n) is 1.78. The normalized spacial score (nSPS) is 10.6. The average molecular weight is 269 g/mol. The predicted molar refractivity (Wildman–Crippen MR) is 64.9 cm³/mol. The van der Waals surface area contributed by atoms with Gasteiger partial charge in [0.15, 0.2) is 0 Å². The second-order valence-corrected chi connectivity index (χ2v) is 4.05. The van der Waals surface area contributed by atoms with Crippen molar-refractivity contribution in [3.63, 3.8) is 0 Å². The van der Waals surface area contributed by atoms with Gasteiger partial charge in [-0.1, -0.05) is 24.6 Å². The molecule has 2 rings (SSSR count). The molecule has 0 unspecified atom stereocenters. The first-order valence-electron chi connectivity index (χ1n) is 5.30. The molecule has 4 nitrogen and oxygen atoms in total. The molecule has 0 radical (unpaired) electrons. The maximum Gasteiger partial charge on any atom is 0.339 e. The maximum absolute atomic E-state index is 13.8. The number of aromatic carboxylic acids is 1. The van der Waals surface area contributed by atoms with Gasteiger partial charge in [-0.15, -0.1) is 0 Å². The molecule has 1 aromatic carbocycles. The Balaban J connectivity index is 2.68. The molecule has 0 fully saturated rings. The van der Waals surface area contributed by atoms with E-state index in [1.165, 1.54) is 29.1 Å². The van der Waals surface area contributed by atoms with Gasteiger partial charge in [0.2, 0.25) is 0 Å². The molecule has 94 valence electrons. The van der Waals surface area contributed by atoms with Crippen LogP contribution in [0.25, 0.3) is 5.69 Å². The molecule has 18 heavy (non-hydrogen) atoms. The minimum absolute atomic E-state index is 0.0526. The van der Waals surface area contributed by atoms with Crippen molar-refractivity contribution in [3.8, 4) is 5.69 Å². The average Bonchev–Trinajstić information content (AvgIpc) is 2.72. The molecule has 0 spiro atoms. The summed E-state index contributed by atoms with van der Waals surface area (Å²) in [5, 5.41) is 13.1. The van der Waals surface area contributed by atoms with Crippen molar-refractivity contribution in [2.24, 2.45) is 0 Å². The largest absolute Gasteiger partial charge is 0.478 e. The van der Waals surface area contributed by atoms with Crippen LogP contribution in [0.1, 0.15) is 23.0 Å². The van der Waals surface area contributed by atoms with Gasteiger partial charge in [0, 0.05) is 0 Å². The molecule has 6 heteroatoms. The summed E-state index contributed by atoms with van der Waals surface area (Å²) in [5.74, 6) is -1.64. The Morgan fingerprint density at radius 2 is 2.28 bits per heavy atom. The number of hydrogen-bond acceptors (Lipinski definition) is 2. The van der Waals surface area contributed by atoms with Crippen LogP contribution in [0.2, 0.25) is 5.02 Å². The lowest BCUT2D eigenvalue weighted by atomic mass is 10.2. The van der Waals surface area contributed by atoms with Gasteiger partial charge in [0.1, 0.15) is 17.1 Å². The second-order valence-electron chi connectivity index (χ2n) is 3.65. The van der Waals surface area contributed by atoms with E-state index >= 15 is 0 Å². The molecule has 0 saturated heterocycles. The topological polar surface area (TPSA) is 55.1 Å². The molecular weight excluding hydrogens is 259 g/mol. The van der Waals surface area contributed by atoms with Crippen molar-refractivity contribution in [3.05, 3.63) is 46.5 Å². The number of benzene rings is 1. The molecule has 0 saturated carbocycles. The van der Waals surface area contributed by atoms with Crippen molar-refractivity contribution < 1.29 is 14.3 Å². The third-order valence-corrected chi connectivity index (χ3v) is 2.89. The molecular formula is C12H10ClFN2O2. The molecule has 0 atom stereocenters. The molecule has 2 aromatic rings. The van der Waals surface area contributed by atoms with Crippen LogP contribution in [0.5, 0.6) is 0 Å². The second kappa shape index (κ2) is 4.78. The number of para-hydroxylation sites is 1. The highest BCUT2D eigenvalue weighted by atomic mass is 35.5. The molecule has 1 heterocycles. The number of aromatic nitrogens is 2. The summed E-state index contributed by atoms with van der Waals surface area (Å²) >= 11 is 5.93. The van der Waals surface area contributed by atoms with Gasteiger partial charge in [0.05, 0.1) is 16.9 Å². The Hall–Kier alpha value is -1.88. The summed E-state index contributed by atoms with van der Waals surface area (Å²) in [6, 6.07) is 4.26. The third kappa shape index (κ3) is 1.97. The Labute approximate surface area is 108 Å². The lowest BCUT2D eigenvalue weighted by Crippen LogP contribution is -2.07. The molecule has 1 N–H and O–H groups in total. The van der Waals surface area contributed by atoms with Crippen LogP contribution in [-0.2, 0) is 6.42 Å². The molecule has 0 aliphatic heterocycles. The van der Waals surface area contributed by atoms with Crippen LogP contribution in [0.15, 0.2) is 24.4 Å². The quantitative estimate of drug-likeness (QED) is 0.931. The molecule has 0 bridgehead atoms. The molecule has 1 aromatic heterocycles. The smallest absolute Gasteiger partial charge is 0.339 e. The molecule has 0 aliphatic rings. The predicted octanol–water partition coefficient (Wildman–Crippen LogP) is 2.93. The Morgan fingerprint density at radius 1 is 1.56 bits per heavy atom. The van der Waals surface area contributed by atoms with E-state index in [2.05, 4.69) is 5.10 Å². The summed E-state index contributed by atoms with van der Waals surface area (Å²) in [6.07, 6.45) is 1.61. The van der Waals surface area contributed by atoms with Crippen LogP contribution in [0.4, 0.5) is 4.39 Å². The first-order chi connectivity index (χ1) is 8.56. The molecule has 0 amide bonds. The zero-order valence-electron chi connectivity index (χ0n) is 9.52. The maximum atomic E-state index is 13.8. The molecule has 0 aliphatic carbocycles. The SMILES string of the molecule is CCc1c(C(=O)O)cnn1-c1c(F)cccc1Cl. The fraction of sp³-hybridized carbons (Fsp3) is 0.167. The van der Waals surface area contributed by atoms with E-state index in [4.69, 9.17) is 16.7 Å². The minimum atomic E-state index is -1.09. The number of carboxylic acids is 1. The first-order valence-corrected chi connectivity index (χ1v) is 5.68. The van der Waals surface area contributed by atoms with E-state index in [1.54, 1.807) is 6.92 Å². The van der Waals surface area contributed by atoms with Crippen molar-refractivity contribution in [2.45, 2.75) is 13.3 Å². The number of carboxylic acid groups (broad SMARTS) is 1. The van der Waals surface area contributed by atoms with Crippen molar-refractivity contribution in [2.75, 3.05) is 0 Å². The fourth-order valence-corrected chi connectivity index (χ4v) is 2.02. The van der Waals surface area contributed by atoms with E-state index in [1.807, 2.05) is 0 Å². The van der Waals surface area contributed by atoms with Gasteiger partial charge >= 0.3 is 5.97 Å². The summed E-state index contributed by atoms with van der Waals surface area (Å²) in [6.45, 7) is 1.77. The van der Waals surface area contributed by atoms with Gasteiger partial charge < -0.3 is 5.11 Å². The van der Waals surface area contributed by atoms with E-state index in [0.29, 0.717) is 12.1 Å². The van der Waals surface area contributed by atoms with Gasteiger partial charge in [-0.25, -0.2) is 13.9 Å². The highest BCUT2D eigenvalue weighted by Crippen LogP contribution is 2.25. The Morgan fingerprint density at radius 3 is 2.83 bits per heavy atom. The first kappa shape index (κ1) is 12.6. The highest BCUT2D eigenvalue weighted by Gasteiger charge is 2.19. The van der Waals surface area contributed by atoms with Crippen LogP contribution in [0.3, 0.4) is 0 Å². The monoisotopic (exact) mass is 268 g/mol. The Bertz CT molecular complexity index is 590. The van der Waals surface area contributed by atoms with Crippen LogP contribution in [0, 0.1) is 5.82 Å². The van der Waals surface area contributed by atoms with Gasteiger partial charge in [-0.05, 0) is 18.6 Å². The zero-order chi connectivity index (χ0) is 13.3. The Kier molecular flexibility index (Phi) is 3.34.